The molecule has 1 atom stereocenters. The molecule has 0 aromatic heterocycles. The molecule has 19 heavy (non-hydrogen) atoms. The Bertz CT molecular complexity index is 484. The van der Waals surface area contributed by atoms with Gasteiger partial charge in [0.05, 0.1) is 5.69 Å². The molecule has 2 aliphatic rings. The van der Waals surface area contributed by atoms with E-state index in [0.29, 0.717) is 6.04 Å². The Morgan fingerprint density at radius 3 is 3.21 bits per heavy atom. The summed E-state index contributed by atoms with van der Waals surface area (Å²) in [5.74, 6) is 0.783. The van der Waals surface area contributed by atoms with Gasteiger partial charge in [-0.25, -0.2) is 0 Å². The van der Waals surface area contributed by atoms with Crippen LogP contribution in [0.15, 0.2) is 18.2 Å². The molecule has 2 N–H and O–H groups in total. The second kappa shape index (κ2) is 5.19. The maximum Gasteiger partial charge on any atom is 0.264 e. The first kappa shape index (κ1) is 12.4. The van der Waals surface area contributed by atoms with Crippen LogP contribution >= 0.6 is 0 Å². The van der Waals surface area contributed by atoms with Crippen LogP contribution in [0.25, 0.3) is 0 Å². The quantitative estimate of drug-likeness (QED) is 0.831. The normalized spacial score (nSPS) is 22.3. The van der Waals surface area contributed by atoms with Gasteiger partial charge in [-0.05, 0) is 30.7 Å². The number of hydrogen-bond acceptors (Lipinski definition) is 4. The van der Waals surface area contributed by atoms with Crippen LogP contribution in [-0.4, -0.2) is 38.7 Å². The fourth-order valence-corrected chi connectivity index (χ4v) is 2.52. The predicted octanol–water partition coefficient (Wildman–Crippen LogP) is 0.493. The van der Waals surface area contributed by atoms with Crippen molar-refractivity contribution < 1.29 is 9.53 Å². The molecule has 3 rings (SSSR count). The molecule has 1 aromatic rings. The van der Waals surface area contributed by atoms with Gasteiger partial charge >= 0.3 is 0 Å². The number of nitrogens with zero attached hydrogens (tertiary/aromatic N) is 1. The third-order valence-corrected chi connectivity index (χ3v) is 3.77. The van der Waals surface area contributed by atoms with Crippen molar-refractivity contribution in [2.24, 2.45) is 0 Å². The van der Waals surface area contributed by atoms with Crippen molar-refractivity contribution in [3.8, 4) is 5.75 Å². The van der Waals surface area contributed by atoms with Crippen LogP contribution in [0.2, 0.25) is 0 Å². The molecule has 0 saturated carbocycles. The second-order valence-electron chi connectivity index (χ2n) is 5.11. The highest BCUT2D eigenvalue weighted by molar-refractivity contribution is 5.97. The molecule has 1 amide bonds. The Labute approximate surface area is 112 Å². The lowest BCUT2D eigenvalue weighted by atomic mass is 10.1. The van der Waals surface area contributed by atoms with Crippen LogP contribution in [-0.2, 0) is 11.3 Å². The smallest absolute Gasteiger partial charge is 0.264 e. The van der Waals surface area contributed by atoms with E-state index in [4.69, 9.17) is 4.74 Å². The number of ether oxygens (including phenoxy) is 1. The summed E-state index contributed by atoms with van der Waals surface area (Å²) in [5.41, 5.74) is 2.04. The SMILES string of the molecule is CN1C(=O)COc2ccc(CNC3CCNC3)cc21. The maximum absolute atomic E-state index is 11.6. The van der Waals surface area contributed by atoms with Gasteiger partial charge in [0.1, 0.15) is 5.75 Å². The van der Waals surface area contributed by atoms with Gasteiger partial charge < -0.3 is 20.3 Å². The summed E-state index contributed by atoms with van der Waals surface area (Å²) >= 11 is 0. The zero-order valence-electron chi connectivity index (χ0n) is 11.1. The van der Waals surface area contributed by atoms with E-state index in [2.05, 4.69) is 16.7 Å². The Balaban J connectivity index is 1.71. The molecule has 5 heteroatoms. The van der Waals surface area contributed by atoms with Gasteiger partial charge in [-0.2, -0.15) is 0 Å². The number of amides is 1. The van der Waals surface area contributed by atoms with Gasteiger partial charge in [-0.15, -0.1) is 0 Å². The van der Waals surface area contributed by atoms with Crippen LogP contribution in [0, 0.1) is 0 Å². The highest BCUT2D eigenvalue weighted by Gasteiger charge is 2.22. The molecule has 1 aromatic carbocycles. The highest BCUT2D eigenvalue weighted by atomic mass is 16.5. The summed E-state index contributed by atoms with van der Waals surface area (Å²) in [6.07, 6.45) is 1.17. The van der Waals surface area contributed by atoms with E-state index in [0.717, 1.165) is 31.1 Å². The molecule has 5 nitrogen and oxygen atoms in total. The molecule has 102 valence electrons. The largest absolute Gasteiger partial charge is 0.482 e. The fraction of sp³-hybridized carbons (Fsp3) is 0.500. The third-order valence-electron chi connectivity index (χ3n) is 3.77. The zero-order valence-corrected chi connectivity index (χ0v) is 11.1. The van der Waals surface area contributed by atoms with Gasteiger partial charge in [0.25, 0.3) is 5.91 Å². The molecule has 0 aliphatic carbocycles. The number of nitrogens with one attached hydrogen (secondary N) is 2. The van der Waals surface area contributed by atoms with Crippen molar-refractivity contribution in [1.82, 2.24) is 10.6 Å². The third kappa shape index (κ3) is 2.57. The average molecular weight is 261 g/mol. The Morgan fingerprint density at radius 1 is 1.53 bits per heavy atom. The summed E-state index contributed by atoms with van der Waals surface area (Å²) in [6, 6.07) is 6.58. The molecule has 2 heterocycles. The fourth-order valence-electron chi connectivity index (χ4n) is 2.52. The minimum Gasteiger partial charge on any atom is -0.482 e. The van der Waals surface area contributed by atoms with Crippen molar-refractivity contribution in [3.05, 3.63) is 23.8 Å². The summed E-state index contributed by atoms with van der Waals surface area (Å²) in [6.45, 7) is 3.08. The maximum atomic E-state index is 11.6. The number of fused-ring (bicyclic) bond motifs is 1. The average Bonchev–Trinajstić information content (AvgIpc) is 2.94. The topological polar surface area (TPSA) is 53.6 Å². The summed E-state index contributed by atoms with van der Waals surface area (Å²) in [4.78, 5) is 13.3. The minimum atomic E-state index is -0.00222. The van der Waals surface area contributed by atoms with E-state index in [-0.39, 0.29) is 12.5 Å². The Morgan fingerprint density at radius 2 is 2.42 bits per heavy atom. The summed E-state index contributed by atoms with van der Waals surface area (Å²) < 4.78 is 5.42. The van der Waals surface area contributed by atoms with Crippen LogP contribution < -0.4 is 20.3 Å². The van der Waals surface area contributed by atoms with Crippen molar-refractivity contribution in [2.75, 3.05) is 31.6 Å². The molecule has 2 aliphatic heterocycles. The van der Waals surface area contributed by atoms with Crippen LogP contribution in [0.4, 0.5) is 5.69 Å². The standard InChI is InChI=1S/C14H19N3O2/c1-17-12-6-10(7-16-11-4-5-15-8-11)2-3-13(12)19-9-14(17)18/h2-3,6,11,15-16H,4-5,7-9H2,1H3. The first-order valence-corrected chi connectivity index (χ1v) is 6.70. The predicted molar refractivity (Wildman–Crippen MR) is 73.5 cm³/mol. The Kier molecular flexibility index (Phi) is 3.40. The van der Waals surface area contributed by atoms with E-state index in [1.807, 2.05) is 12.1 Å². The van der Waals surface area contributed by atoms with Crippen molar-refractivity contribution >= 4 is 11.6 Å². The summed E-state index contributed by atoms with van der Waals surface area (Å²) in [7, 11) is 1.79. The number of carbonyl (C=O) groups excluding carboxylic acids is 1. The summed E-state index contributed by atoms with van der Waals surface area (Å²) in [5, 5.41) is 6.86. The van der Waals surface area contributed by atoms with Crippen LogP contribution in [0.5, 0.6) is 5.75 Å². The number of likely N-dealkylation sites (N-methyl/N-ethyl adjacent to an activating group) is 1. The number of carbonyl (C=O) groups is 1. The zero-order chi connectivity index (χ0) is 13.2. The van der Waals surface area contributed by atoms with Gasteiger partial charge in [0, 0.05) is 26.2 Å². The molecule has 1 fully saturated rings. The molecule has 1 saturated heterocycles. The number of benzene rings is 1. The van der Waals surface area contributed by atoms with Crippen molar-refractivity contribution in [2.45, 2.75) is 19.0 Å². The lowest BCUT2D eigenvalue weighted by molar-refractivity contribution is -0.120. The molecule has 1 unspecified atom stereocenters. The van der Waals surface area contributed by atoms with Gasteiger partial charge in [0.2, 0.25) is 0 Å². The van der Waals surface area contributed by atoms with Crippen LogP contribution in [0.1, 0.15) is 12.0 Å². The number of hydrogen-bond donors (Lipinski definition) is 2. The van der Waals surface area contributed by atoms with E-state index in [9.17, 15) is 4.79 Å². The van der Waals surface area contributed by atoms with Crippen LogP contribution in [0.3, 0.4) is 0 Å². The lowest BCUT2D eigenvalue weighted by Gasteiger charge is -2.26. The monoisotopic (exact) mass is 261 g/mol. The first-order valence-electron chi connectivity index (χ1n) is 6.70. The molecule has 0 radical (unpaired) electrons. The molecule has 0 bridgehead atoms. The number of anilines is 1. The molecular formula is C14H19N3O2. The lowest BCUT2D eigenvalue weighted by Crippen LogP contribution is -2.35. The van der Waals surface area contributed by atoms with Gasteiger partial charge in [-0.1, -0.05) is 6.07 Å². The highest BCUT2D eigenvalue weighted by Crippen LogP contribution is 2.31. The van der Waals surface area contributed by atoms with E-state index < -0.39 is 0 Å². The van der Waals surface area contributed by atoms with Gasteiger partial charge in [-0.3, -0.25) is 4.79 Å². The molecular weight excluding hydrogens is 242 g/mol. The Hall–Kier alpha value is -1.59. The first-order chi connectivity index (χ1) is 9.24. The van der Waals surface area contributed by atoms with Crippen molar-refractivity contribution in [3.63, 3.8) is 0 Å². The minimum absolute atomic E-state index is 0.00222. The molecule has 0 spiro atoms. The van der Waals surface area contributed by atoms with E-state index >= 15 is 0 Å². The van der Waals surface area contributed by atoms with E-state index in [1.165, 1.54) is 12.0 Å². The number of rotatable bonds is 3. The second-order valence-corrected chi connectivity index (χ2v) is 5.11. The van der Waals surface area contributed by atoms with E-state index in [1.54, 1.807) is 11.9 Å². The van der Waals surface area contributed by atoms with Crippen molar-refractivity contribution in [1.29, 1.82) is 0 Å². The van der Waals surface area contributed by atoms with Gasteiger partial charge in [0.15, 0.2) is 6.61 Å².